The van der Waals surface area contributed by atoms with Crippen molar-refractivity contribution in [3.05, 3.63) is 36.4 Å². The van der Waals surface area contributed by atoms with Crippen molar-refractivity contribution >= 4 is 29.1 Å². The minimum atomic E-state index is 0.388. The Morgan fingerprint density at radius 2 is 2.00 bits per heavy atom. The number of nitrogens with one attached hydrogen (secondary N) is 2. The molecule has 0 unspecified atom stereocenters. The van der Waals surface area contributed by atoms with Crippen LogP contribution in [-0.4, -0.2) is 61.6 Å². The number of hydrogen-bond acceptors (Lipinski definition) is 7. The lowest BCUT2D eigenvalue weighted by atomic mass is 10.3. The minimum absolute atomic E-state index is 0.388. The molecule has 8 nitrogen and oxygen atoms in total. The summed E-state index contributed by atoms with van der Waals surface area (Å²) in [6, 6.07) is 11.4. The van der Waals surface area contributed by atoms with Gasteiger partial charge in [-0.05, 0) is 30.8 Å². The zero-order valence-corrected chi connectivity index (χ0v) is 16.7. The lowest BCUT2D eigenvalue weighted by molar-refractivity contribution is 0.122. The normalized spacial score (nSPS) is 13.8. The number of rotatable bonds is 8. The van der Waals surface area contributed by atoms with E-state index in [0.29, 0.717) is 49.1 Å². The third-order valence-electron chi connectivity index (χ3n) is 4.03. The van der Waals surface area contributed by atoms with E-state index in [1.807, 2.05) is 36.4 Å². The molecule has 28 heavy (non-hydrogen) atoms. The third-order valence-corrected chi connectivity index (χ3v) is 4.27. The van der Waals surface area contributed by atoms with E-state index in [1.54, 1.807) is 7.11 Å². The molecule has 0 atom stereocenters. The number of hydrogen-bond donors (Lipinski definition) is 2. The molecule has 150 valence electrons. The van der Waals surface area contributed by atoms with Gasteiger partial charge in [-0.2, -0.15) is 9.97 Å². The summed E-state index contributed by atoms with van der Waals surface area (Å²) in [4.78, 5) is 11.2. The van der Waals surface area contributed by atoms with Crippen molar-refractivity contribution in [2.24, 2.45) is 0 Å². The van der Waals surface area contributed by atoms with Gasteiger partial charge in [0.2, 0.25) is 11.8 Å². The average molecular weight is 404 g/mol. The first-order valence-corrected chi connectivity index (χ1v) is 9.64. The first-order chi connectivity index (χ1) is 13.7. The van der Waals surface area contributed by atoms with Crippen LogP contribution in [0.25, 0.3) is 0 Å². The topological polar surface area (TPSA) is 80.8 Å². The van der Waals surface area contributed by atoms with Crippen molar-refractivity contribution in [1.29, 1.82) is 0 Å². The highest BCUT2D eigenvalue weighted by molar-refractivity contribution is 7.80. The quantitative estimate of drug-likeness (QED) is 0.510. The number of methoxy groups -OCH3 is 1. The van der Waals surface area contributed by atoms with Gasteiger partial charge in [0.05, 0.1) is 13.2 Å². The minimum Gasteiger partial charge on any atom is -0.439 e. The van der Waals surface area contributed by atoms with Crippen molar-refractivity contribution in [3.63, 3.8) is 0 Å². The second-order valence-electron chi connectivity index (χ2n) is 6.13. The summed E-state index contributed by atoms with van der Waals surface area (Å²) in [5.74, 6) is 2.32. The first-order valence-electron chi connectivity index (χ1n) is 9.23. The van der Waals surface area contributed by atoms with E-state index in [4.69, 9.17) is 26.4 Å². The second-order valence-corrected chi connectivity index (χ2v) is 6.54. The fourth-order valence-electron chi connectivity index (χ4n) is 2.65. The van der Waals surface area contributed by atoms with Crippen molar-refractivity contribution in [3.8, 4) is 11.6 Å². The summed E-state index contributed by atoms with van der Waals surface area (Å²) in [7, 11) is 1.68. The van der Waals surface area contributed by atoms with Crippen LogP contribution in [0, 0.1) is 0 Å². The lowest BCUT2D eigenvalue weighted by Crippen LogP contribution is -2.37. The molecular formula is C19H25N5O3S. The molecule has 0 radical (unpaired) electrons. The number of thiocarbonyl (C=S) groups is 1. The van der Waals surface area contributed by atoms with E-state index >= 15 is 0 Å². The molecule has 1 saturated heterocycles. The van der Waals surface area contributed by atoms with Crippen molar-refractivity contribution in [2.75, 3.05) is 56.8 Å². The fraction of sp³-hybridized carbons (Fsp3) is 0.421. The van der Waals surface area contributed by atoms with Crippen LogP contribution in [0.2, 0.25) is 0 Å². The molecule has 2 N–H and O–H groups in total. The third kappa shape index (κ3) is 6.29. The van der Waals surface area contributed by atoms with E-state index < -0.39 is 0 Å². The Kier molecular flexibility index (Phi) is 7.77. The van der Waals surface area contributed by atoms with Gasteiger partial charge in [-0.3, -0.25) is 0 Å². The van der Waals surface area contributed by atoms with E-state index in [1.165, 1.54) is 0 Å². The number of anilines is 2. The van der Waals surface area contributed by atoms with Gasteiger partial charge < -0.3 is 29.7 Å². The highest BCUT2D eigenvalue weighted by Gasteiger charge is 2.16. The van der Waals surface area contributed by atoms with Crippen molar-refractivity contribution in [2.45, 2.75) is 6.42 Å². The maximum Gasteiger partial charge on any atom is 0.234 e. The smallest absolute Gasteiger partial charge is 0.234 e. The fourth-order valence-corrected chi connectivity index (χ4v) is 2.84. The Balaban J connectivity index is 1.73. The number of aromatic nitrogens is 2. The molecular weight excluding hydrogens is 378 g/mol. The average Bonchev–Trinajstić information content (AvgIpc) is 2.72. The van der Waals surface area contributed by atoms with Gasteiger partial charge in [-0.1, -0.05) is 18.2 Å². The van der Waals surface area contributed by atoms with Crippen LogP contribution in [0.5, 0.6) is 11.6 Å². The summed E-state index contributed by atoms with van der Waals surface area (Å²) < 4.78 is 16.4. The Bertz CT molecular complexity index is 756. The largest absolute Gasteiger partial charge is 0.439 e. The number of benzene rings is 1. The van der Waals surface area contributed by atoms with Gasteiger partial charge in [0.1, 0.15) is 11.6 Å². The Morgan fingerprint density at radius 1 is 1.21 bits per heavy atom. The van der Waals surface area contributed by atoms with Crippen molar-refractivity contribution in [1.82, 2.24) is 15.3 Å². The maximum absolute atomic E-state index is 5.92. The van der Waals surface area contributed by atoms with Gasteiger partial charge in [0.15, 0.2) is 5.11 Å². The van der Waals surface area contributed by atoms with Gasteiger partial charge in [0, 0.05) is 39.4 Å². The van der Waals surface area contributed by atoms with E-state index in [9.17, 15) is 0 Å². The summed E-state index contributed by atoms with van der Waals surface area (Å²) in [5, 5.41) is 6.62. The van der Waals surface area contributed by atoms with Gasteiger partial charge in [0.25, 0.3) is 0 Å². The van der Waals surface area contributed by atoms with E-state index in [-0.39, 0.29) is 0 Å². The second kappa shape index (κ2) is 10.7. The summed E-state index contributed by atoms with van der Waals surface area (Å²) in [6.07, 6.45) is 0.857. The SMILES string of the molecule is COCCCNC(=S)Nc1nc(Oc2ccccc2)cc(N2CCOCC2)n1. The molecule has 2 aromatic rings. The molecule has 9 heteroatoms. The standard InChI is InChI=1S/C19H25N5O3S/c1-25-11-5-8-20-19(28)23-18-21-16(24-9-12-26-13-10-24)14-17(22-18)27-15-6-3-2-4-7-15/h2-4,6-7,14H,5,8-13H2,1H3,(H2,20,21,22,23,28). The predicted octanol–water partition coefficient (Wildman–Crippen LogP) is 2.43. The monoisotopic (exact) mass is 403 g/mol. The highest BCUT2D eigenvalue weighted by atomic mass is 32.1. The van der Waals surface area contributed by atoms with Gasteiger partial charge >= 0.3 is 0 Å². The molecule has 0 bridgehead atoms. The summed E-state index contributed by atoms with van der Waals surface area (Å²) in [6.45, 7) is 4.24. The molecule has 1 aliphatic heterocycles. The molecule has 2 heterocycles. The number of morpholine rings is 1. The van der Waals surface area contributed by atoms with Gasteiger partial charge in [-0.25, -0.2) is 0 Å². The molecule has 1 aromatic heterocycles. The van der Waals surface area contributed by atoms with Gasteiger partial charge in [-0.15, -0.1) is 0 Å². The zero-order valence-electron chi connectivity index (χ0n) is 15.9. The summed E-state index contributed by atoms with van der Waals surface area (Å²) >= 11 is 5.34. The number of nitrogens with zero attached hydrogens (tertiary/aromatic N) is 3. The number of para-hydroxylation sites is 1. The van der Waals surface area contributed by atoms with E-state index in [0.717, 1.165) is 25.3 Å². The zero-order chi connectivity index (χ0) is 19.6. The Labute approximate surface area is 170 Å². The van der Waals surface area contributed by atoms with Crippen LogP contribution >= 0.6 is 12.2 Å². The lowest BCUT2D eigenvalue weighted by Gasteiger charge is -2.28. The molecule has 0 saturated carbocycles. The number of ether oxygens (including phenoxy) is 3. The molecule has 1 fully saturated rings. The molecule has 1 aromatic carbocycles. The van der Waals surface area contributed by atoms with Crippen LogP contribution in [0.4, 0.5) is 11.8 Å². The summed E-state index contributed by atoms with van der Waals surface area (Å²) in [5.41, 5.74) is 0. The van der Waals surface area contributed by atoms with Crippen LogP contribution < -0.4 is 20.3 Å². The van der Waals surface area contributed by atoms with Crippen molar-refractivity contribution < 1.29 is 14.2 Å². The maximum atomic E-state index is 5.92. The molecule has 3 rings (SSSR count). The molecule has 0 spiro atoms. The first kappa shape index (κ1) is 20.2. The van der Waals surface area contributed by atoms with Crippen LogP contribution in [0.15, 0.2) is 36.4 Å². The molecule has 0 aliphatic carbocycles. The highest BCUT2D eigenvalue weighted by Crippen LogP contribution is 2.25. The van der Waals surface area contributed by atoms with E-state index in [2.05, 4.69) is 25.5 Å². The molecule has 1 aliphatic rings. The van der Waals surface area contributed by atoms with Crippen LogP contribution in [0.3, 0.4) is 0 Å². The Hall–Kier alpha value is -2.49. The Morgan fingerprint density at radius 3 is 2.75 bits per heavy atom. The predicted molar refractivity (Wildman–Crippen MR) is 112 cm³/mol. The van der Waals surface area contributed by atoms with Crippen LogP contribution in [-0.2, 0) is 9.47 Å². The van der Waals surface area contributed by atoms with Crippen LogP contribution in [0.1, 0.15) is 6.42 Å². The molecule has 0 amide bonds.